The third-order valence-electron chi connectivity index (χ3n) is 3.06. The van der Waals surface area contributed by atoms with E-state index in [1.54, 1.807) is 36.4 Å². The average molecular weight is 363 g/mol. The van der Waals surface area contributed by atoms with Crippen LogP contribution in [0.1, 0.15) is 22.0 Å². The fourth-order valence-corrected chi connectivity index (χ4v) is 2.19. The summed E-state index contributed by atoms with van der Waals surface area (Å²) in [5.74, 6) is -0.845. The number of hydrogen-bond donors (Lipinski definition) is 0. The van der Waals surface area contributed by atoms with Crippen molar-refractivity contribution in [3.63, 3.8) is 0 Å². The first kappa shape index (κ1) is 16.4. The van der Waals surface area contributed by atoms with Crippen LogP contribution < -0.4 is 0 Å². The van der Waals surface area contributed by atoms with E-state index in [0.717, 1.165) is 4.47 Å². The second-order valence-corrected chi connectivity index (χ2v) is 5.48. The molecular formula is C17H15BrO4. The van der Waals surface area contributed by atoms with Gasteiger partial charge in [0.05, 0.1) is 0 Å². The van der Waals surface area contributed by atoms with Crippen molar-refractivity contribution in [1.82, 2.24) is 0 Å². The molecule has 0 aromatic heterocycles. The van der Waals surface area contributed by atoms with Crippen molar-refractivity contribution in [2.45, 2.75) is 6.10 Å². The zero-order valence-electron chi connectivity index (χ0n) is 12.0. The number of halogens is 1. The first-order valence-electron chi connectivity index (χ1n) is 6.65. The van der Waals surface area contributed by atoms with Crippen molar-refractivity contribution < 1.29 is 19.1 Å². The standard InChI is InChI=1S/C17H15BrO4/c1-21-16(13-5-3-2-4-6-13)17(20)22-11-15(19)12-7-9-14(18)10-8-12/h2-10,16H,11H2,1H3. The smallest absolute Gasteiger partial charge is 0.340 e. The Bertz CT molecular complexity index is 637. The summed E-state index contributed by atoms with van der Waals surface area (Å²) in [6, 6.07) is 15.9. The van der Waals surface area contributed by atoms with Gasteiger partial charge in [0.2, 0.25) is 0 Å². The molecule has 0 bridgehead atoms. The van der Waals surface area contributed by atoms with Crippen LogP contribution in [0.2, 0.25) is 0 Å². The van der Waals surface area contributed by atoms with E-state index in [4.69, 9.17) is 9.47 Å². The Hall–Kier alpha value is -1.98. The van der Waals surface area contributed by atoms with Crippen LogP contribution in [0.3, 0.4) is 0 Å². The van der Waals surface area contributed by atoms with Gasteiger partial charge in [0.15, 0.2) is 18.5 Å². The quantitative estimate of drug-likeness (QED) is 0.582. The number of ketones is 1. The Morgan fingerprint density at radius 2 is 1.68 bits per heavy atom. The summed E-state index contributed by atoms with van der Waals surface area (Å²) >= 11 is 3.30. The lowest BCUT2D eigenvalue weighted by Gasteiger charge is -2.14. The van der Waals surface area contributed by atoms with Gasteiger partial charge in [-0.25, -0.2) is 4.79 Å². The molecule has 1 atom stereocenters. The highest BCUT2D eigenvalue weighted by Crippen LogP contribution is 2.18. The Kier molecular flexibility index (Phi) is 5.86. The maximum absolute atomic E-state index is 12.1. The first-order chi connectivity index (χ1) is 10.6. The summed E-state index contributed by atoms with van der Waals surface area (Å²) in [6.45, 7) is -0.312. The fraction of sp³-hybridized carbons (Fsp3) is 0.176. The second-order valence-electron chi connectivity index (χ2n) is 4.56. The molecule has 0 amide bonds. The molecule has 2 aromatic carbocycles. The van der Waals surface area contributed by atoms with Gasteiger partial charge in [-0.1, -0.05) is 58.4 Å². The molecule has 5 heteroatoms. The van der Waals surface area contributed by atoms with Gasteiger partial charge in [0.25, 0.3) is 0 Å². The van der Waals surface area contributed by atoms with Crippen LogP contribution in [0.4, 0.5) is 0 Å². The lowest BCUT2D eigenvalue weighted by Crippen LogP contribution is -2.21. The minimum atomic E-state index is -0.834. The number of ether oxygens (including phenoxy) is 2. The van der Waals surface area contributed by atoms with E-state index in [1.807, 2.05) is 18.2 Å². The average Bonchev–Trinajstić information content (AvgIpc) is 2.55. The van der Waals surface area contributed by atoms with Gasteiger partial charge in [-0.3, -0.25) is 4.79 Å². The summed E-state index contributed by atoms with van der Waals surface area (Å²) in [5.41, 5.74) is 1.18. The summed E-state index contributed by atoms with van der Waals surface area (Å²) in [4.78, 5) is 24.0. The van der Waals surface area contributed by atoms with Gasteiger partial charge in [0.1, 0.15) is 0 Å². The molecule has 0 N–H and O–H groups in total. The van der Waals surface area contributed by atoms with Crippen LogP contribution in [-0.2, 0) is 14.3 Å². The Labute approximate surface area is 137 Å². The van der Waals surface area contributed by atoms with Crippen molar-refractivity contribution in [3.05, 3.63) is 70.2 Å². The summed E-state index contributed by atoms with van der Waals surface area (Å²) in [5, 5.41) is 0. The van der Waals surface area contributed by atoms with Gasteiger partial charge >= 0.3 is 5.97 Å². The zero-order chi connectivity index (χ0) is 15.9. The molecule has 0 radical (unpaired) electrons. The van der Waals surface area contributed by atoms with E-state index in [2.05, 4.69) is 15.9 Å². The molecular weight excluding hydrogens is 348 g/mol. The topological polar surface area (TPSA) is 52.6 Å². The fourth-order valence-electron chi connectivity index (χ4n) is 1.93. The van der Waals surface area contributed by atoms with Gasteiger partial charge in [0, 0.05) is 17.1 Å². The largest absolute Gasteiger partial charge is 0.455 e. The van der Waals surface area contributed by atoms with Crippen LogP contribution in [0.25, 0.3) is 0 Å². The Balaban J connectivity index is 1.96. The van der Waals surface area contributed by atoms with Crippen molar-refractivity contribution in [2.75, 3.05) is 13.7 Å². The molecule has 1 unspecified atom stereocenters. The minimum absolute atomic E-state index is 0.260. The van der Waals surface area contributed by atoms with Crippen LogP contribution in [0.5, 0.6) is 0 Å². The molecule has 0 saturated heterocycles. The number of carbonyl (C=O) groups is 2. The van der Waals surface area contributed by atoms with E-state index >= 15 is 0 Å². The Morgan fingerprint density at radius 3 is 2.27 bits per heavy atom. The summed E-state index contributed by atoms with van der Waals surface area (Å²) in [6.07, 6.45) is -0.834. The predicted molar refractivity (Wildman–Crippen MR) is 85.6 cm³/mol. The molecule has 0 aliphatic rings. The van der Waals surface area contributed by atoms with Gasteiger partial charge < -0.3 is 9.47 Å². The minimum Gasteiger partial charge on any atom is -0.455 e. The highest BCUT2D eigenvalue weighted by molar-refractivity contribution is 9.10. The van der Waals surface area contributed by atoms with E-state index in [1.165, 1.54) is 7.11 Å². The maximum Gasteiger partial charge on any atom is 0.340 e. The molecule has 2 rings (SSSR count). The molecule has 0 fully saturated rings. The van der Waals surface area contributed by atoms with Crippen molar-refractivity contribution >= 4 is 27.7 Å². The third-order valence-corrected chi connectivity index (χ3v) is 3.59. The normalized spacial score (nSPS) is 11.7. The van der Waals surface area contributed by atoms with E-state index < -0.39 is 12.1 Å². The molecule has 22 heavy (non-hydrogen) atoms. The monoisotopic (exact) mass is 362 g/mol. The van der Waals surface area contributed by atoms with Crippen molar-refractivity contribution in [2.24, 2.45) is 0 Å². The number of benzene rings is 2. The summed E-state index contributed by atoms with van der Waals surface area (Å²) < 4.78 is 11.1. The number of hydrogen-bond acceptors (Lipinski definition) is 4. The van der Waals surface area contributed by atoms with E-state index in [9.17, 15) is 9.59 Å². The molecule has 0 saturated carbocycles. The molecule has 0 heterocycles. The van der Waals surface area contributed by atoms with Gasteiger partial charge in [-0.05, 0) is 17.7 Å². The number of esters is 1. The maximum atomic E-state index is 12.1. The number of rotatable bonds is 6. The highest BCUT2D eigenvalue weighted by atomic mass is 79.9. The first-order valence-corrected chi connectivity index (χ1v) is 7.44. The van der Waals surface area contributed by atoms with E-state index in [0.29, 0.717) is 11.1 Å². The third kappa shape index (κ3) is 4.26. The van der Waals surface area contributed by atoms with Crippen molar-refractivity contribution in [3.8, 4) is 0 Å². The Morgan fingerprint density at radius 1 is 1.05 bits per heavy atom. The summed E-state index contributed by atoms with van der Waals surface area (Å²) in [7, 11) is 1.43. The second kappa shape index (κ2) is 7.87. The van der Waals surface area contributed by atoms with Gasteiger partial charge in [-0.2, -0.15) is 0 Å². The van der Waals surface area contributed by atoms with Crippen LogP contribution in [-0.4, -0.2) is 25.5 Å². The number of Topliss-reactive ketones (excluding diaryl/α,β-unsaturated/α-hetero) is 1. The van der Waals surface area contributed by atoms with Gasteiger partial charge in [-0.15, -0.1) is 0 Å². The molecule has 0 spiro atoms. The molecule has 114 valence electrons. The van der Waals surface area contributed by atoms with E-state index in [-0.39, 0.29) is 12.4 Å². The van der Waals surface area contributed by atoms with Crippen molar-refractivity contribution in [1.29, 1.82) is 0 Å². The van der Waals surface area contributed by atoms with Crippen LogP contribution in [0, 0.1) is 0 Å². The highest BCUT2D eigenvalue weighted by Gasteiger charge is 2.22. The zero-order valence-corrected chi connectivity index (χ0v) is 13.6. The number of methoxy groups -OCH3 is 1. The number of carbonyl (C=O) groups excluding carboxylic acids is 2. The lowest BCUT2D eigenvalue weighted by molar-refractivity contribution is -0.154. The van der Waals surface area contributed by atoms with Crippen LogP contribution >= 0.6 is 15.9 Å². The molecule has 0 aliphatic heterocycles. The van der Waals surface area contributed by atoms with Crippen LogP contribution in [0.15, 0.2) is 59.1 Å². The molecule has 4 nitrogen and oxygen atoms in total. The SMILES string of the molecule is COC(C(=O)OCC(=O)c1ccc(Br)cc1)c1ccccc1. The lowest BCUT2D eigenvalue weighted by atomic mass is 10.1. The molecule has 2 aromatic rings. The molecule has 0 aliphatic carbocycles. The predicted octanol–water partition coefficient (Wildman–Crippen LogP) is 3.56.